The number of unbranched alkanes of at least 4 members (excludes halogenated alkanes) is 14. The van der Waals surface area contributed by atoms with E-state index in [1.54, 1.807) is 24.4 Å². The lowest BCUT2D eigenvalue weighted by molar-refractivity contribution is -0.128. The van der Waals surface area contributed by atoms with Crippen LogP contribution >= 0.6 is 0 Å². The molecule has 246 valence electrons. The van der Waals surface area contributed by atoms with Gasteiger partial charge in [0.15, 0.2) is 6.10 Å². The summed E-state index contributed by atoms with van der Waals surface area (Å²) in [7, 11) is 0. The molecule has 0 bridgehead atoms. The van der Waals surface area contributed by atoms with E-state index in [0.29, 0.717) is 12.2 Å². The number of carbonyl (C=O) groups excluding carboxylic acids is 3. The van der Waals surface area contributed by atoms with Gasteiger partial charge in [0.1, 0.15) is 19.5 Å². The van der Waals surface area contributed by atoms with Crippen LogP contribution in [0.4, 0.5) is 9.59 Å². The summed E-state index contributed by atoms with van der Waals surface area (Å²) >= 11 is 0. The Balaban J connectivity index is 1.58. The largest absolute Gasteiger partial charge is 0.465 e. The monoisotopic (exact) mass is 616 g/mol. The average Bonchev–Trinajstić information content (AvgIpc) is 3.54. The lowest BCUT2D eigenvalue weighted by Gasteiger charge is -2.21. The predicted octanol–water partition coefficient (Wildman–Crippen LogP) is 7.60. The highest BCUT2D eigenvalue weighted by molar-refractivity contribution is 5.90. The van der Waals surface area contributed by atoms with Gasteiger partial charge in [0.2, 0.25) is 5.91 Å². The molecule has 0 fully saturated rings. The standard InChI is InChI=1S/C33H52N4O7/c1-3-4-5-6-7-8-9-10-11-12-13-14-15-16-18-23-35-32(39)41-26-30(44-31-21-24-43-36-31)27-42-33(40)37(28(2)38)25-29-20-17-19-22-34-29/h17,19-22,24,30H,3-16,18,23,25-27H2,1-2H3,(H,35,39)/t30-/m0/s1. The van der Waals surface area contributed by atoms with E-state index in [0.717, 1.165) is 24.2 Å². The first-order valence-electron chi connectivity index (χ1n) is 16.3. The highest BCUT2D eigenvalue weighted by Crippen LogP contribution is 2.14. The normalized spacial score (nSPS) is 11.5. The lowest BCUT2D eigenvalue weighted by atomic mass is 10.0. The van der Waals surface area contributed by atoms with Crippen LogP contribution in [0.15, 0.2) is 41.2 Å². The highest BCUT2D eigenvalue weighted by atomic mass is 16.6. The van der Waals surface area contributed by atoms with Crippen LogP contribution in [0, 0.1) is 0 Å². The van der Waals surface area contributed by atoms with Crippen molar-refractivity contribution in [2.75, 3.05) is 19.8 Å². The Kier molecular flexibility index (Phi) is 19.8. The first kappa shape index (κ1) is 36.6. The van der Waals surface area contributed by atoms with Gasteiger partial charge >= 0.3 is 12.2 Å². The Morgan fingerprint density at radius 2 is 1.45 bits per heavy atom. The van der Waals surface area contributed by atoms with Gasteiger partial charge in [0, 0.05) is 25.7 Å². The maximum absolute atomic E-state index is 12.7. The van der Waals surface area contributed by atoms with Crippen molar-refractivity contribution in [2.45, 2.75) is 123 Å². The summed E-state index contributed by atoms with van der Waals surface area (Å²) in [4.78, 5) is 42.0. The molecule has 11 nitrogen and oxygen atoms in total. The summed E-state index contributed by atoms with van der Waals surface area (Å²) in [5, 5.41) is 6.44. The van der Waals surface area contributed by atoms with Gasteiger partial charge in [0.05, 0.1) is 12.2 Å². The van der Waals surface area contributed by atoms with Crippen molar-refractivity contribution in [2.24, 2.45) is 0 Å². The second-order valence-electron chi connectivity index (χ2n) is 11.1. The second-order valence-corrected chi connectivity index (χ2v) is 11.1. The third-order valence-electron chi connectivity index (χ3n) is 7.19. The number of pyridine rings is 1. The van der Waals surface area contributed by atoms with Crippen LogP contribution in [0.25, 0.3) is 0 Å². The fraction of sp³-hybridized carbons (Fsp3) is 0.667. The third kappa shape index (κ3) is 17.5. The van der Waals surface area contributed by atoms with Gasteiger partial charge in [-0.05, 0) is 23.7 Å². The SMILES string of the molecule is CCCCCCCCCCCCCCCCCNC(=O)OC[C@@H](COC(=O)N(Cc1ccccn1)C(C)=O)Oc1ccon1. The number of aromatic nitrogens is 2. The van der Waals surface area contributed by atoms with Crippen LogP contribution in [-0.4, -0.2) is 59.0 Å². The lowest BCUT2D eigenvalue weighted by Crippen LogP contribution is -2.39. The zero-order chi connectivity index (χ0) is 31.7. The van der Waals surface area contributed by atoms with E-state index in [1.165, 1.54) is 96.3 Å². The summed E-state index contributed by atoms with van der Waals surface area (Å²) in [6.45, 7) is 3.51. The number of amides is 3. The molecule has 0 aliphatic heterocycles. The van der Waals surface area contributed by atoms with E-state index >= 15 is 0 Å². The van der Waals surface area contributed by atoms with Gasteiger partial charge < -0.3 is 24.1 Å². The molecule has 3 amide bonds. The summed E-state index contributed by atoms with van der Waals surface area (Å²) in [6.07, 6.45) is 19.8. The number of imide groups is 1. The number of ether oxygens (including phenoxy) is 3. The molecule has 1 N–H and O–H groups in total. The van der Waals surface area contributed by atoms with Crippen molar-refractivity contribution in [3.8, 4) is 5.88 Å². The molecule has 2 heterocycles. The number of nitrogens with one attached hydrogen (secondary N) is 1. The van der Waals surface area contributed by atoms with Crippen LogP contribution in [-0.2, 0) is 20.8 Å². The second kappa shape index (κ2) is 23.8. The maximum atomic E-state index is 12.7. The van der Waals surface area contributed by atoms with Crippen molar-refractivity contribution < 1.29 is 33.1 Å². The number of nitrogens with zero attached hydrogens (tertiary/aromatic N) is 3. The molecule has 0 radical (unpaired) electrons. The maximum Gasteiger partial charge on any atom is 0.417 e. The van der Waals surface area contributed by atoms with Crippen LogP contribution < -0.4 is 10.1 Å². The van der Waals surface area contributed by atoms with Gasteiger partial charge in [-0.15, -0.1) is 0 Å². The zero-order valence-corrected chi connectivity index (χ0v) is 26.7. The molecular weight excluding hydrogens is 564 g/mol. The molecule has 0 aromatic carbocycles. The minimum atomic E-state index is -0.871. The number of carbonyl (C=O) groups is 3. The Morgan fingerprint density at radius 3 is 2.00 bits per heavy atom. The third-order valence-corrected chi connectivity index (χ3v) is 7.19. The van der Waals surface area contributed by atoms with Gasteiger partial charge in [0.25, 0.3) is 5.88 Å². The van der Waals surface area contributed by atoms with Crippen molar-refractivity contribution >= 4 is 18.1 Å². The number of hydrogen-bond donors (Lipinski definition) is 1. The van der Waals surface area contributed by atoms with Crippen LogP contribution in [0.1, 0.15) is 116 Å². The van der Waals surface area contributed by atoms with Crippen molar-refractivity contribution in [1.82, 2.24) is 20.4 Å². The Labute approximate surface area is 262 Å². The highest BCUT2D eigenvalue weighted by Gasteiger charge is 2.24. The number of alkyl carbamates (subject to hydrolysis) is 1. The van der Waals surface area contributed by atoms with Crippen molar-refractivity contribution in [3.63, 3.8) is 0 Å². The number of hydrogen-bond acceptors (Lipinski definition) is 9. The summed E-state index contributed by atoms with van der Waals surface area (Å²) in [5.41, 5.74) is 0.532. The summed E-state index contributed by atoms with van der Waals surface area (Å²) < 4.78 is 21.0. The summed E-state index contributed by atoms with van der Waals surface area (Å²) in [6, 6.07) is 6.68. The average molecular weight is 617 g/mol. The van der Waals surface area contributed by atoms with E-state index < -0.39 is 24.2 Å². The Morgan fingerprint density at radius 1 is 0.841 bits per heavy atom. The van der Waals surface area contributed by atoms with Crippen molar-refractivity contribution in [3.05, 3.63) is 42.4 Å². The Hall–Kier alpha value is -3.63. The molecule has 0 spiro atoms. The molecule has 2 aromatic rings. The van der Waals surface area contributed by atoms with Gasteiger partial charge in [-0.25, -0.2) is 14.5 Å². The molecule has 2 aromatic heterocycles. The van der Waals surface area contributed by atoms with Gasteiger partial charge in [-0.3, -0.25) is 9.78 Å². The topological polar surface area (TPSA) is 133 Å². The molecule has 0 unspecified atom stereocenters. The van der Waals surface area contributed by atoms with E-state index in [2.05, 4.69) is 22.4 Å². The van der Waals surface area contributed by atoms with Crippen LogP contribution in [0.5, 0.6) is 5.88 Å². The molecular formula is C33H52N4O7. The minimum Gasteiger partial charge on any atom is -0.465 e. The Bertz CT molecular complexity index is 1020. The molecule has 0 saturated heterocycles. The van der Waals surface area contributed by atoms with E-state index in [1.807, 2.05) is 0 Å². The van der Waals surface area contributed by atoms with E-state index in [4.69, 9.17) is 18.7 Å². The molecule has 0 aliphatic carbocycles. The first-order valence-corrected chi connectivity index (χ1v) is 16.3. The fourth-order valence-corrected chi connectivity index (χ4v) is 4.66. The van der Waals surface area contributed by atoms with Gasteiger partial charge in [-0.1, -0.05) is 103 Å². The molecule has 11 heteroatoms. The molecule has 44 heavy (non-hydrogen) atoms. The van der Waals surface area contributed by atoms with Gasteiger partial charge in [-0.2, -0.15) is 0 Å². The quantitative estimate of drug-likeness (QED) is 0.118. The molecule has 0 saturated carbocycles. The molecule has 1 atom stereocenters. The smallest absolute Gasteiger partial charge is 0.417 e. The summed E-state index contributed by atoms with van der Waals surface area (Å²) in [5.74, 6) is -0.353. The van der Waals surface area contributed by atoms with E-state index in [9.17, 15) is 14.4 Å². The molecule has 0 aliphatic rings. The number of rotatable bonds is 24. The van der Waals surface area contributed by atoms with Crippen molar-refractivity contribution in [1.29, 1.82) is 0 Å². The van der Waals surface area contributed by atoms with Crippen LogP contribution in [0.2, 0.25) is 0 Å². The first-order chi connectivity index (χ1) is 21.5. The molecule has 2 rings (SSSR count). The van der Waals surface area contributed by atoms with E-state index in [-0.39, 0.29) is 25.6 Å². The predicted molar refractivity (Wildman–Crippen MR) is 167 cm³/mol. The fourth-order valence-electron chi connectivity index (χ4n) is 4.66. The van der Waals surface area contributed by atoms with Crippen LogP contribution in [0.3, 0.4) is 0 Å². The minimum absolute atomic E-state index is 0.0397. The zero-order valence-electron chi connectivity index (χ0n) is 26.7.